The number of aromatic nitrogens is 2. The third-order valence-electron chi connectivity index (χ3n) is 2.61. The standard InChI is InChI=1S/C12H9F3N2O2/c1-2-5-17-9-4-3-7(12(13,14)15)6-8(9)16-10(18)11(17)19/h2-4,6H,1,5H2,(H,16,18). The largest absolute Gasteiger partial charge is 0.416 e. The number of rotatable bonds is 2. The number of halogens is 3. The number of allylic oxidation sites excluding steroid dienone is 1. The number of hydrogen-bond acceptors (Lipinski definition) is 2. The van der Waals surface area contributed by atoms with Crippen LogP contribution in [0.2, 0.25) is 0 Å². The van der Waals surface area contributed by atoms with E-state index in [9.17, 15) is 22.8 Å². The summed E-state index contributed by atoms with van der Waals surface area (Å²) in [4.78, 5) is 25.1. The van der Waals surface area contributed by atoms with Crippen LogP contribution in [0.5, 0.6) is 0 Å². The van der Waals surface area contributed by atoms with Gasteiger partial charge in [0.05, 0.1) is 16.6 Å². The van der Waals surface area contributed by atoms with E-state index >= 15 is 0 Å². The molecule has 1 aromatic heterocycles. The monoisotopic (exact) mass is 270 g/mol. The number of H-pyrrole nitrogens is 1. The number of fused-ring (bicyclic) bond motifs is 1. The summed E-state index contributed by atoms with van der Waals surface area (Å²) in [6, 6.07) is 2.81. The van der Waals surface area contributed by atoms with Crippen molar-refractivity contribution in [2.24, 2.45) is 0 Å². The Bertz CT molecular complexity index is 756. The first-order valence-electron chi connectivity index (χ1n) is 5.29. The van der Waals surface area contributed by atoms with Crippen molar-refractivity contribution in [3.63, 3.8) is 0 Å². The highest BCUT2D eigenvalue weighted by Gasteiger charge is 2.30. The van der Waals surface area contributed by atoms with Gasteiger partial charge in [-0.25, -0.2) is 0 Å². The molecule has 0 fully saturated rings. The van der Waals surface area contributed by atoms with Crippen LogP contribution in [-0.4, -0.2) is 9.55 Å². The minimum absolute atomic E-state index is 0.0405. The second-order valence-electron chi connectivity index (χ2n) is 3.89. The molecular formula is C12H9F3N2O2. The Morgan fingerprint density at radius 2 is 2.00 bits per heavy atom. The molecule has 0 radical (unpaired) electrons. The first-order chi connectivity index (χ1) is 8.84. The Kier molecular flexibility index (Phi) is 3.05. The fraction of sp³-hybridized carbons (Fsp3) is 0.167. The lowest BCUT2D eigenvalue weighted by Gasteiger charge is -2.10. The summed E-state index contributed by atoms with van der Waals surface area (Å²) in [5, 5.41) is 0. The van der Waals surface area contributed by atoms with E-state index in [-0.39, 0.29) is 17.6 Å². The van der Waals surface area contributed by atoms with Gasteiger partial charge in [0.25, 0.3) is 0 Å². The van der Waals surface area contributed by atoms with Crippen molar-refractivity contribution in [2.75, 3.05) is 0 Å². The predicted molar refractivity (Wildman–Crippen MR) is 64.0 cm³/mol. The van der Waals surface area contributed by atoms with E-state index in [4.69, 9.17) is 0 Å². The normalized spacial score (nSPS) is 11.7. The molecule has 7 heteroatoms. The van der Waals surface area contributed by atoms with Crippen LogP contribution >= 0.6 is 0 Å². The van der Waals surface area contributed by atoms with Crippen LogP contribution in [0.15, 0.2) is 40.4 Å². The van der Waals surface area contributed by atoms with Crippen LogP contribution in [0.3, 0.4) is 0 Å². The van der Waals surface area contributed by atoms with Crippen LogP contribution in [0.25, 0.3) is 11.0 Å². The Morgan fingerprint density at radius 1 is 1.32 bits per heavy atom. The molecule has 1 heterocycles. The minimum atomic E-state index is -4.51. The van der Waals surface area contributed by atoms with E-state index in [2.05, 4.69) is 11.6 Å². The van der Waals surface area contributed by atoms with Gasteiger partial charge in [-0.05, 0) is 18.2 Å². The maximum Gasteiger partial charge on any atom is 0.416 e. The van der Waals surface area contributed by atoms with Gasteiger partial charge in [-0.1, -0.05) is 6.08 Å². The fourth-order valence-corrected chi connectivity index (χ4v) is 1.77. The first kappa shape index (κ1) is 13.1. The van der Waals surface area contributed by atoms with Gasteiger partial charge in [0.2, 0.25) is 0 Å². The fourth-order valence-electron chi connectivity index (χ4n) is 1.77. The molecule has 0 aliphatic carbocycles. The lowest BCUT2D eigenvalue weighted by atomic mass is 10.2. The zero-order valence-corrected chi connectivity index (χ0v) is 9.62. The first-order valence-corrected chi connectivity index (χ1v) is 5.29. The third-order valence-corrected chi connectivity index (χ3v) is 2.61. The van der Waals surface area contributed by atoms with Crippen molar-refractivity contribution >= 4 is 11.0 Å². The molecule has 2 aromatic rings. The van der Waals surface area contributed by atoms with Gasteiger partial charge < -0.3 is 4.98 Å². The summed E-state index contributed by atoms with van der Waals surface area (Å²) in [5.41, 5.74) is -2.50. The Hall–Kier alpha value is -2.31. The lowest BCUT2D eigenvalue weighted by Crippen LogP contribution is -2.36. The van der Waals surface area contributed by atoms with Crippen molar-refractivity contribution in [3.05, 3.63) is 57.1 Å². The summed E-state index contributed by atoms with van der Waals surface area (Å²) in [6.07, 6.45) is -3.12. The number of alkyl halides is 3. The number of hydrogen-bond donors (Lipinski definition) is 1. The molecule has 0 bridgehead atoms. The SMILES string of the molecule is C=CCn1c(=O)c(=O)[nH]c2cc(C(F)(F)F)ccc21. The molecule has 19 heavy (non-hydrogen) atoms. The van der Waals surface area contributed by atoms with Gasteiger partial charge >= 0.3 is 17.3 Å². The Balaban J connectivity index is 2.83. The average Bonchev–Trinajstić information content (AvgIpc) is 2.33. The van der Waals surface area contributed by atoms with Crippen molar-refractivity contribution in [3.8, 4) is 0 Å². The molecule has 1 aromatic carbocycles. The average molecular weight is 270 g/mol. The van der Waals surface area contributed by atoms with Gasteiger partial charge in [-0.2, -0.15) is 13.2 Å². The van der Waals surface area contributed by atoms with Gasteiger partial charge in [0.15, 0.2) is 0 Å². The van der Waals surface area contributed by atoms with Gasteiger partial charge in [-0.15, -0.1) is 6.58 Å². The minimum Gasteiger partial charge on any atom is -0.316 e. The molecule has 4 nitrogen and oxygen atoms in total. The second kappa shape index (κ2) is 4.42. The molecule has 0 aliphatic rings. The Morgan fingerprint density at radius 3 is 2.58 bits per heavy atom. The van der Waals surface area contributed by atoms with E-state index in [1.54, 1.807) is 0 Å². The summed E-state index contributed by atoms with van der Waals surface area (Å²) >= 11 is 0. The summed E-state index contributed by atoms with van der Waals surface area (Å²) in [6.45, 7) is 3.48. The maximum atomic E-state index is 12.6. The molecule has 1 N–H and O–H groups in total. The smallest absolute Gasteiger partial charge is 0.316 e. The molecule has 0 spiro atoms. The van der Waals surface area contributed by atoms with Crippen LogP contribution in [0.4, 0.5) is 13.2 Å². The predicted octanol–water partition coefficient (Wildman–Crippen LogP) is 1.89. The van der Waals surface area contributed by atoms with Gasteiger partial charge in [0, 0.05) is 6.54 Å². The van der Waals surface area contributed by atoms with Crippen LogP contribution in [0, 0.1) is 0 Å². The van der Waals surface area contributed by atoms with Gasteiger partial charge in [0.1, 0.15) is 0 Å². The van der Waals surface area contributed by atoms with Crippen LogP contribution in [0.1, 0.15) is 5.56 Å². The quantitative estimate of drug-likeness (QED) is 0.669. The summed E-state index contributed by atoms with van der Waals surface area (Å²) in [7, 11) is 0. The lowest BCUT2D eigenvalue weighted by molar-refractivity contribution is -0.137. The third kappa shape index (κ3) is 2.31. The van der Waals surface area contributed by atoms with Crippen molar-refractivity contribution < 1.29 is 13.2 Å². The zero-order valence-electron chi connectivity index (χ0n) is 9.62. The van der Waals surface area contributed by atoms with E-state index in [1.165, 1.54) is 6.08 Å². The highest BCUT2D eigenvalue weighted by atomic mass is 19.4. The molecule has 100 valence electrons. The summed E-state index contributed by atoms with van der Waals surface area (Å²) < 4.78 is 38.8. The number of benzene rings is 1. The summed E-state index contributed by atoms with van der Waals surface area (Å²) in [5.74, 6) is 0. The highest BCUT2D eigenvalue weighted by Crippen LogP contribution is 2.30. The molecule has 0 amide bonds. The van der Waals surface area contributed by atoms with Crippen molar-refractivity contribution in [1.29, 1.82) is 0 Å². The topological polar surface area (TPSA) is 54.9 Å². The number of nitrogens with one attached hydrogen (secondary N) is 1. The van der Waals surface area contributed by atoms with Crippen molar-refractivity contribution in [1.82, 2.24) is 9.55 Å². The van der Waals surface area contributed by atoms with Crippen LogP contribution < -0.4 is 11.1 Å². The van der Waals surface area contributed by atoms with E-state index in [0.717, 1.165) is 22.8 Å². The van der Waals surface area contributed by atoms with Gasteiger partial charge in [-0.3, -0.25) is 14.2 Å². The van der Waals surface area contributed by atoms with Crippen LogP contribution in [-0.2, 0) is 12.7 Å². The molecule has 0 aliphatic heterocycles. The molecule has 0 unspecified atom stereocenters. The number of nitrogens with zero attached hydrogens (tertiary/aromatic N) is 1. The molecular weight excluding hydrogens is 261 g/mol. The number of aromatic amines is 1. The Labute approximate surface area is 104 Å². The molecule has 2 rings (SSSR count). The van der Waals surface area contributed by atoms with E-state index in [1.807, 2.05) is 0 Å². The van der Waals surface area contributed by atoms with E-state index < -0.39 is 22.9 Å². The van der Waals surface area contributed by atoms with Crippen molar-refractivity contribution in [2.45, 2.75) is 12.7 Å². The zero-order chi connectivity index (χ0) is 14.2. The molecule has 0 saturated heterocycles. The second-order valence-corrected chi connectivity index (χ2v) is 3.89. The van der Waals surface area contributed by atoms with E-state index in [0.29, 0.717) is 0 Å². The molecule has 0 atom stereocenters. The maximum absolute atomic E-state index is 12.6. The highest BCUT2D eigenvalue weighted by molar-refractivity contribution is 5.75. The molecule has 0 saturated carbocycles.